The molecule has 0 atom stereocenters. The molecule has 0 saturated carbocycles. The highest BCUT2D eigenvalue weighted by Crippen LogP contribution is 2.68. The van der Waals surface area contributed by atoms with Gasteiger partial charge >= 0.3 is 0 Å². The molecule has 0 spiro atoms. The van der Waals surface area contributed by atoms with Crippen LogP contribution in [0, 0.1) is 0 Å². The van der Waals surface area contributed by atoms with E-state index < -0.39 is 0 Å². The fraction of sp³-hybridized carbons (Fsp3) is 0.333. The molecule has 5 rings (SSSR count). The Morgan fingerprint density at radius 2 is 0.824 bits per heavy atom. The maximum Gasteiger partial charge on any atom is 0.0717 e. The van der Waals surface area contributed by atoms with E-state index in [1.54, 1.807) is 0 Å². The summed E-state index contributed by atoms with van der Waals surface area (Å²) in [5, 5.41) is 2.14. The standard InChI is InChI=1S/C18H16S16/c1-21-9-10(22-2)30-17(29-9)18-33-13-14(34-18)26-6-24-12-11(23-5-25-13)31-16(32-12)15-27-7(3-19)8(4-20)28-15/h19-20H,3-6H2,1-2H3. The number of thioether (sulfide) groups is 14. The molecule has 0 fully saturated rings. The van der Waals surface area contributed by atoms with Crippen molar-refractivity contribution in [3.63, 3.8) is 0 Å². The zero-order valence-electron chi connectivity index (χ0n) is 17.4. The Morgan fingerprint density at radius 3 is 1.15 bits per heavy atom. The molecule has 0 radical (unpaired) electrons. The van der Waals surface area contributed by atoms with Crippen LogP contribution in [-0.4, -0.2) is 34.2 Å². The monoisotopic (exact) mass is 744 g/mol. The molecule has 5 aliphatic rings. The minimum Gasteiger partial charge on any atom is -0.174 e. The molecule has 0 aromatic rings. The lowest BCUT2D eigenvalue weighted by Gasteiger charge is -2.09. The van der Waals surface area contributed by atoms with Gasteiger partial charge in [-0.15, -0.1) is 70.6 Å². The lowest BCUT2D eigenvalue weighted by atomic mass is 10.6. The molecule has 0 nitrogen and oxygen atoms in total. The maximum absolute atomic E-state index is 4.53. The number of thiol groups is 2. The predicted octanol–water partition coefficient (Wildman–Crippen LogP) is 12.2. The van der Waals surface area contributed by atoms with E-state index in [9.17, 15) is 0 Å². The van der Waals surface area contributed by atoms with Crippen LogP contribution >= 0.6 is 190 Å². The first-order chi connectivity index (χ1) is 16.6. The van der Waals surface area contributed by atoms with E-state index in [0.717, 1.165) is 21.7 Å². The zero-order valence-corrected chi connectivity index (χ0v) is 30.7. The van der Waals surface area contributed by atoms with Crippen molar-refractivity contribution < 1.29 is 0 Å². The van der Waals surface area contributed by atoms with Gasteiger partial charge in [-0.05, 0) is 12.5 Å². The SMILES string of the molecule is CSC1=C(SC)SC(=C2SC3=C(SCSC4=C(SCS3)SC(=C3SC(CS)=C(CS)S3)S4)S2)S1. The fourth-order valence-corrected chi connectivity index (χ4v) is 24.4. The van der Waals surface area contributed by atoms with Gasteiger partial charge in [-0.2, -0.15) is 25.3 Å². The van der Waals surface area contributed by atoms with Crippen molar-refractivity contribution in [2.45, 2.75) is 0 Å². The van der Waals surface area contributed by atoms with E-state index >= 15 is 0 Å². The summed E-state index contributed by atoms with van der Waals surface area (Å²) >= 11 is 36.6. The Kier molecular flexibility index (Phi) is 12.4. The quantitative estimate of drug-likeness (QED) is 0.262. The largest absolute Gasteiger partial charge is 0.174 e. The van der Waals surface area contributed by atoms with Gasteiger partial charge in [0.05, 0.1) is 42.4 Å². The summed E-state index contributed by atoms with van der Waals surface area (Å²) in [6.07, 6.45) is 4.38. The molecule has 0 bridgehead atoms. The van der Waals surface area contributed by atoms with Crippen molar-refractivity contribution in [2.75, 3.05) is 34.2 Å². The third-order valence-electron chi connectivity index (χ3n) is 4.11. The summed E-state index contributed by atoms with van der Waals surface area (Å²) in [4.78, 5) is 2.74. The van der Waals surface area contributed by atoms with E-state index in [1.807, 2.05) is 165 Å². The van der Waals surface area contributed by atoms with E-state index in [4.69, 9.17) is 0 Å². The summed E-state index contributed by atoms with van der Waals surface area (Å²) in [6, 6.07) is 0. The normalized spacial score (nSPS) is 24.4. The third-order valence-corrected chi connectivity index (χ3v) is 25.4. The maximum atomic E-state index is 4.53. The molecule has 184 valence electrons. The molecule has 5 aliphatic heterocycles. The van der Waals surface area contributed by atoms with Gasteiger partial charge in [-0.3, -0.25) is 0 Å². The average molecular weight is 745 g/mol. The van der Waals surface area contributed by atoms with Gasteiger partial charge in [-0.25, -0.2) is 0 Å². The summed E-state index contributed by atoms with van der Waals surface area (Å²) in [6.45, 7) is 0. The third kappa shape index (κ3) is 6.91. The summed E-state index contributed by atoms with van der Waals surface area (Å²) in [7, 11) is 0. The Balaban J connectivity index is 1.22. The van der Waals surface area contributed by atoms with E-state index in [0.29, 0.717) is 0 Å². The van der Waals surface area contributed by atoms with Crippen LogP contribution < -0.4 is 0 Å². The molecule has 5 heterocycles. The van der Waals surface area contributed by atoms with Crippen molar-refractivity contribution in [1.82, 2.24) is 0 Å². The topological polar surface area (TPSA) is 0 Å². The van der Waals surface area contributed by atoms with Gasteiger partial charge in [0.2, 0.25) is 0 Å². The van der Waals surface area contributed by atoms with E-state index in [-0.39, 0.29) is 0 Å². The molecular weight excluding hydrogens is 729 g/mol. The van der Waals surface area contributed by atoms with Crippen molar-refractivity contribution in [2.24, 2.45) is 0 Å². The van der Waals surface area contributed by atoms with Crippen LogP contribution in [0.2, 0.25) is 0 Å². The molecule has 0 amide bonds. The van der Waals surface area contributed by atoms with Gasteiger partial charge in [0.25, 0.3) is 0 Å². The molecule has 0 N–H and O–H groups in total. The first-order valence-electron chi connectivity index (χ1n) is 9.30. The van der Waals surface area contributed by atoms with Crippen LogP contribution in [0.5, 0.6) is 0 Å². The molecule has 0 aliphatic carbocycles. The van der Waals surface area contributed by atoms with Gasteiger partial charge in [-0.1, -0.05) is 94.1 Å². The Bertz CT molecular complexity index is 904. The summed E-state index contributed by atoms with van der Waals surface area (Å²) < 4.78 is 14.7. The Hall–Kier alpha value is 4.04. The van der Waals surface area contributed by atoms with Crippen LogP contribution in [0.15, 0.2) is 52.2 Å². The first-order valence-corrected chi connectivity index (χ1v) is 23.5. The van der Waals surface area contributed by atoms with Crippen molar-refractivity contribution >= 4 is 190 Å². The van der Waals surface area contributed by atoms with Gasteiger partial charge in [0.15, 0.2) is 0 Å². The Labute approximate surface area is 272 Å². The highest BCUT2D eigenvalue weighted by Gasteiger charge is 2.33. The van der Waals surface area contributed by atoms with E-state index in [2.05, 4.69) is 37.8 Å². The lowest BCUT2D eigenvalue weighted by molar-refractivity contribution is 1.61. The molecule has 0 saturated heterocycles. The second-order valence-corrected chi connectivity index (χ2v) is 23.9. The summed E-state index contributed by atoms with van der Waals surface area (Å²) in [5.41, 5.74) is 0. The predicted molar refractivity (Wildman–Crippen MR) is 198 cm³/mol. The molecule has 0 aromatic heterocycles. The fourth-order valence-electron chi connectivity index (χ4n) is 2.63. The van der Waals surface area contributed by atoms with Crippen molar-refractivity contribution in [1.29, 1.82) is 0 Å². The second-order valence-electron chi connectivity index (χ2n) is 6.07. The molecule has 16 heteroatoms. The molecule has 0 unspecified atom stereocenters. The minimum atomic E-state index is 0.804. The summed E-state index contributed by atoms with van der Waals surface area (Å²) in [5.74, 6) is 1.61. The number of rotatable bonds is 4. The highest BCUT2D eigenvalue weighted by molar-refractivity contribution is 8.48. The number of hydrogen-bond acceptors (Lipinski definition) is 16. The second kappa shape index (κ2) is 14.3. The molecule has 34 heavy (non-hydrogen) atoms. The lowest BCUT2D eigenvalue weighted by Crippen LogP contribution is -1.80. The molecular formula is C18H16S16. The first kappa shape index (κ1) is 29.5. The van der Waals surface area contributed by atoms with Gasteiger partial charge < -0.3 is 0 Å². The van der Waals surface area contributed by atoms with Crippen molar-refractivity contribution in [3.8, 4) is 0 Å². The Morgan fingerprint density at radius 1 is 0.500 bits per heavy atom. The van der Waals surface area contributed by atoms with Crippen LogP contribution in [0.3, 0.4) is 0 Å². The zero-order chi connectivity index (χ0) is 23.7. The minimum absolute atomic E-state index is 0.804. The average Bonchev–Trinajstić information content (AvgIpc) is 3.63. The molecule has 0 aromatic carbocycles. The van der Waals surface area contributed by atoms with E-state index in [1.165, 1.54) is 52.2 Å². The smallest absolute Gasteiger partial charge is 0.0717 e. The van der Waals surface area contributed by atoms with Crippen molar-refractivity contribution in [3.05, 3.63) is 52.2 Å². The van der Waals surface area contributed by atoms with Gasteiger partial charge in [0.1, 0.15) is 0 Å². The number of hydrogen-bond donors (Lipinski definition) is 2. The van der Waals surface area contributed by atoms with Gasteiger partial charge in [0, 0.05) is 31.5 Å². The highest BCUT2D eigenvalue weighted by atomic mass is 32.3. The van der Waals surface area contributed by atoms with Crippen LogP contribution in [0.1, 0.15) is 0 Å². The van der Waals surface area contributed by atoms with Crippen LogP contribution in [0.4, 0.5) is 0 Å². The van der Waals surface area contributed by atoms with Crippen LogP contribution in [0.25, 0.3) is 0 Å². The van der Waals surface area contributed by atoms with Crippen LogP contribution in [-0.2, 0) is 0 Å².